The fraction of sp³-hybridized carbons (Fsp3) is 0.545. The molecule has 1 aliphatic heterocycles. The summed E-state index contributed by atoms with van der Waals surface area (Å²) >= 11 is 0. The van der Waals surface area contributed by atoms with Crippen molar-refractivity contribution >= 4 is 23.6 Å². The number of carbonyl (C=O) groups is 3. The first kappa shape index (κ1) is 14.0. The van der Waals surface area contributed by atoms with Crippen LogP contribution in [0.4, 0.5) is 10.6 Å². The van der Waals surface area contributed by atoms with Crippen LogP contribution >= 0.6 is 0 Å². The van der Waals surface area contributed by atoms with Crippen LogP contribution in [0.1, 0.15) is 12.8 Å². The number of nitrogens with one attached hydrogen (secondary N) is 1. The number of nitrogens with zero attached hydrogens (tertiary/aromatic N) is 4. The maximum absolute atomic E-state index is 12.0. The highest BCUT2D eigenvalue weighted by atomic mass is 16.5. The summed E-state index contributed by atoms with van der Waals surface area (Å²) in [7, 11) is 1.24. The van der Waals surface area contributed by atoms with Crippen molar-refractivity contribution in [3.63, 3.8) is 0 Å². The molecule has 0 aromatic carbocycles. The van der Waals surface area contributed by atoms with Crippen LogP contribution < -0.4 is 5.32 Å². The number of methoxy groups -OCH3 is 1. The lowest BCUT2D eigenvalue weighted by Crippen LogP contribution is -2.40. The summed E-state index contributed by atoms with van der Waals surface area (Å²) in [5.41, 5.74) is 0. The maximum Gasteiger partial charge on any atom is 0.412 e. The molecular formula is C11H15N5O4. The summed E-state index contributed by atoms with van der Waals surface area (Å²) in [6.45, 7) is 0.843. The second-order valence-electron chi connectivity index (χ2n) is 4.30. The molecule has 2 amide bonds. The molecule has 0 atom stereocenters. The van der Waals surface area contributed by atoms with Gasteiger partial charge in [0.05, 0.1) is 13.3 Å². The number of aromatic nitrogens is 3. The van der Waals surface area contributed by atoms with Gasteiger partial charge < -0.3 is 9.64 Å². The molecule has 0 radical (unpaired) electrons. The van der Waals surface area contributed by atoms with E-state index < -0.39 is 6.09 Å². The van der Waals surface area contributed by atoms with Gasteiger partial charge in [-0.15, -0.1) is 5.10 Å². The molecule has 1 aliphatic rings. The molecule has 1 aromatic rings. The van der Waals surface area contributed by atoms with Crippen molar-refractivity contribution in [2.24, 2.45) is 0 Å². The van der Waals surface area contributed by atoms with Gasteiger partial charge in [0.25, 0.3) is 0 Å². The molecule has 0 spiro atoms. The van der Waals surface area contributed by atoms with E-state index in [-0.39, 0.29) is 24.1 Å². The molecule has 20 heavy (non-hydrogen) atoms. The molecule has 0 saturated carbocycles. The average Bonchev–Trinajstić information content (AvgIpc) is 2.86. The number of rotatable bonds is 3. The van der Waals surface area contributed by atoms with Crippen LogP contribution in [-0.4, -0.2) is 57.9 Å². The van der Waals surface area contributed by atoms with Crippen LogP contribution in [0.2, 0.25) is 0 Å². The lowest BCUT2D eigenvalue weighted by Gasteiger charge is -2.25. The highest BCUT2D eigenvalue weighted by molar-refractivity contribution is 5.84. The zero-order valence-electron chi connectivity index (χ0n) is 11.0. The average molecular weight is 281 g/mol. The summed E-state index contributed by atoms with van der Waals surface area (Å²) in [4.78, 5) is 36.8. The summed E-state index contributed by atoms with van der Waals surface area (Å²) in [6.07, 6.45) is 1.46. The number of piperidine rings is 1. The van der Waals surface area contributed by atoms with E-state index in [1.807, 2.05) is 0 Å². The molecule has 9 nitrogen and oxygen atoms in total. The molecule has 2 heterocycles. The highest BCUT2D eigenvalue weighted by Crippen LogP contribution is 2.07. The van der Waals surface area contributed by atoms with E-state index in [4.69, 9.17) is 0 Å². The Balaban J connectivity index is 1.88. The van der Waals surface area contributed by atoms with E-state index in [9.17, 15) is 14.4 Å². The lowest BCUT2D eigenvalue weighted by atomic mass is 10.1. The van der Waals surface area contributed by atoms with Crippen LogP contribution in [0.25, 0.3) is 0 Å². The van der Waals surface area contributed by atoms with Crippen molar-refractivity contribution in [2.45, 2.75) is 19.4 Å². The van der Waals surface area contributed by atoms with Crippen LogP contribution in [0, 0.1) is 0 Å². The minimum atomic E-state index is -0.655. The topological polar surface area (TPSA) is 106 Å². The first-order valence-electron chi connectivity index (χ1n) is 6.13. The molecule has 2 rings (SSSR count). The third-order valence-electron chi connectivity index (χ3n) is 2.90. The van der Waals surface area contributed by atoms with Gasteiger partial charge in [-0.1, -0.05) is 0 Å². The molecule has 1 saturated heterocycles. The van der Waals surface area contributed by atoms with Crippen LogP contribution in [0.3, 0.4) is 0 Å². The second-order valence-corrected chi connectivity index (χ2v) is 4.30. The molecular weight excluding hydrogens is 266 g/mol. The van der Waals surface area contributed by atoms with E-state index in [0.29, 0.717) is 25.9 Å². The van der Waals surface area contributed by atoms with E-state index in [1.165, 1.54) is 18.1 Å². The number of ketones is 1. The molecule has 1 N–H and O–H groups in total. The Morgan fingerprint density at radius 3 is 2.75 bits per heavy atom. The second kappa shape index (κ2) is 6.13. The number of amides is 2. The third-order valence-corrected chi connectivity index (χ3v) is 2.90. The minimum Gasteiger partial charge on any atom is -0.453 e. The molecule has 0 aliphatic carbocycles. The smallest absolute Gasteiger partial charge is 0.412 e. The summed E-state index contributed by atoms with van der Waals surface area (Å²) < 4.78 is 4.42. The minimum absolute atomic E-state index is 0.0307. The number of likely N-dealkylation sites (tertiary alicyclic amines) is 1. The van der Waals surface area contributed by atoms with Crippen molar-refractivity contribution in [2.75, 3.05) is 25.5 Å². The Labute approximate surface area is 114 Å². The Kier molecular flexibility index (Phi) is 4.28. The molecule has 9 heteroatoms. The van der Waals surface area contributed by atoms with Gasteiger partial charge in [-0.05, 0) is 0 Å². The van der Waals surface area contributed by atoms with Crippen LogP contribution in [0.5, 0.6) is 0 Å². The van der Waals surface area contributed by atoms with Crippen molar-refractivity contribution in [1.29, 1.82) is 0 Å². The number of carbonyl (C=O) groups excluding carboxylic acids is 3. The molecule has 1 fully saturated rings. The molecule has 108 valence electrons. The molecule has 1 aromatic heterocycles. The monoisotopic (exact) mass is 281 g/mol. The number of ether oxygens (including phenoxy) is 1. The normalized spacial score (nSPS) is 15.1. The number of Topliss-reactive ketones (excluding diaryl/α,β-unsaturated/α-hetero) is 1. The molecule has 0 bridgehead atoms. The largest absolute Gasteiger partial charge is 0.453 e. The Bertz CT molecular complexity index is 517. The van der Waals surface area contributed by atoms with Gasteiger partial charge >= 0.3 is 6.09 Å². The predicted octanol–water partition coefficient (Wildman–Crippen LogP) is -0.352. The fourth-order valence-electron chi connectivity index (χ4n) is 1.81. The van der Waals surface area contributed by atoms with E-state index in [2.05, 4.69) is 20.3 Å². The zero-order chi connectivity index (χ0) is 14.5. The standard InChI is InChI=1S/C11H15N5O4/c1-20-11(19)13-9-6-12-16(14-9)7-10(18)15-4-2-8(17)3-5-15/h6H,2-5,7H2,1H3,(H,13,14,19). The third kappa shape index (κ3) is 3.53. The summed E-state index contributed by atoms with van der Waals surface area (Å²) in [5.74, 6) is 0.229. The van der Waals surface area contributed by atoms with Crippen molar-refractivity contribution in [1.82, 2.24) is 19.9 Å². The van der Waals surface area contributed by atoms with Gasteiger partial charge in [0.1, 0.15) is 12.3 Å². The number of hydrogen-bond donors (Lipinski definition) is 1. The predicted molar refractivity (Wildman–Crippen MR) is 66.9 cm³/mol. The van der Waals surface area contributed by atoms with Crippen molar-refractivity contribution in [3.8, 4) is 0 Å². The fourth-order valence-corrected chi connectivity index (χ4v) is 1.81. The van der Waals surface area contributed by atoms with Gasteiger partial charge in [0.15, 0.2) is 5.82 Å². The Morgan fingerprint density at radius 1 is 1.40 bits per heavy atom. The van der Waals surface area contributed by atoms with Crippen molar-refractivity contribution in [3.05, 3.63) is 6.20 Å². The van der Waals surface area contributed by atoms with Gasteiger partial charge in [0, 0.05) is 25.9 Å². The Hall–Kier alpha value is -2.45. The molecule has 0 unspecified atom stereocenters. The number of hydrogen-bond acceptors (Lipinski definition) is 6. The number of anilines is 1. The van der Waals surface area contributed by atoms with E-state index in [1.54, 1.807) is 4.90 Å². The van der Waals surface area contributed by atoms with Gasteiger partial charge in [-0.3, -0.25) is 14.9 Å². The van der Waals surface area contributed by atoms with E-state index >= 15 is 0 Å². The SMILES string of the molecule is COC(=O)Nc1cnn(CC(=O)N2CCC(=O)CC2)n1. The Morgan fingerprint density at radius 2 is 2.10 bits per heavy atom. The summed E-state index contributed by atoms with van der Waals surface area (Å²) in [5, 5.41) is 10.1. The highest BCUT2D eigenvalue weighted by Gasteiger charge is 2.21. The zero-order valence-corrected chi connectivity index (χ0v) is 11.0. The maximum atomic E-state index is 12.0. The van der Waals surface area contributed by atoms with Crippen molar-refractivity contribution < 1.29 is 19.1 Å². The summed E-state index contributed by atoms with van der Waals surface area (Å²) in [6, 6.07) is 0. The van der Waals surface area contributed by atoms with E-state index in [0.717, 1.165) is 0 Å². The van der Waals surface area contributed by atoms with Crippen LogP contribution in [0.15, 0.2) is 6.20 Å². The lowest BCUT2D eigenvalue weighted by molar-refractivity contribution is -0.135. The quantitative estimate of drug-likeness (QED) is 0.811. The van der Waals surface area contributed by atoms with Gasteiger partial charge in [0.2, 0.25) is 5.91 Å². The first-order chi connectivity index (χ1) is 9.58. The first-order valence-corrected chi connectivity index (χ1v) is 6.13. The van der Waals surface area contributed by atoms with Gasteiger partial charge in [-0.2, -0.15) is 9.90 Å². The van der Waals surface area contributed by atoms with Gasteiger partial charge in [-0.25, -0.2) is 4.79 Å². The van der Waals surface area contributed by atoms with Crippen LogP contribution in [-0.2, 0) is 20.9 Å².